The van der Waals surface area contributed by atoms with Crippen LogP contribution in [0.3, 0.4) is 0 Å². The van der Waals surface area contributed by atoms with Gasteiger partial charge in [-0.25, -0.2) is 4.68 Å². The van der Waals surface area contributed by atoms with Crippen LogP contribution in [0.1, 0.15) is 5.56 Å². The van der Waals surface area contributed by atoms with Crippen LogP contribution >= 0.6 is 35.4 Å². The highest BCUT2D eigenvalue weighted by atomic mass is 35.5. The molecule has 2 aromatic rings. The second-order valence-electron chi connectivity index (χ2n) is 2.95. The molecule has 0 saturated carbocycles. The van der Waals surface area contributed by atoms with Gasteiger partial charge in [0.05, 0.1) is 6.54 Å². The van der Waals surface area contributed by atoms with Crippen molar-refractivity contribution in [3.8, 4) is 0 Å². The number of hydrogen-bond donors (Lipinski definition) is 1. The van der Waals surface area contributed by atoms with Crippen molar-refractivity contribution in [3.05, 3.63) is 38.6 Å². The Balaban J connectivity index is 2.32. The molecule has 0 aliphatic heterocycles. The molecule has 0 fully saturated rings. The summed E-state index contributed by atoms with van der Waals surface area (Å²) in [5, 5.41) is 11.1. The number of benzene rings is 1. The Kier molecular flexibility index (Phi) is 3.04. The summed E-state index contributed by atoms with van der Waals surface area (Å²) in [5.41, 5.74) is 0.939. The average Bonchev–Trinajstić information content (AvgIpc) is 2.50. The summed E-state index contributed by atoms with van der Waals surface area (Å²) in [5.74, 6) is 0. The van der Waals surface area contributed by atoms with Crippen LogP contribution < -0.4 is 0 Å². The summed E-state index contributed by atoms with van der Waals surface area (Å²) in [4.78, 5) is 0. The van der Waals surface area contributed by atoms with Gasteiger partial charge in [0.1, 0.15) is 0 Å². The Bertz CT molecular complexity index is 513. The average molecular weight is 261 g/mol. The summed E-state index contributed by atoms with van der Waals surface area (Å²) in [6, 6.07) is 5.31. The van der Waals surface area contributed by atoms with Crippen LogP contribution in [-0.4, -0.2) is 20.2 Å². The van der Waals surface area contributed by atoms with Crippen LogP contribution in [0.2, 0.25) is 10.0 Å². The molecule has 0 spiro atoms. The number of tetrazole rings is 1. The lowest BCUT2D eigenvalue weighted by Gasteiger charge is -2.02. The van der Waals surface area contributed by atoms with Crippen molar-refractivity contribution >= 4 is 35.4 Å². The summed E-state index contributed by atoms with van der Waals surface area (Å²) in [6.45, 7) is 0.520. The smallest absolute Gasteiger partial charge is 0.238 e. The summed E-state index contributed by atoms with van der Waals surface area (Å²) in [7, 11) is 0. The van der Waals surface area contributed by atoms with Gasteiger partial charge in [-0.3, -0.25) is 0 Å². The van der Waals surface area contributed by atoms with Gasteiger partial charge in [-0.05, 0) is 36.0 Å². The van der Waals surface area contributed by atoms with Crippen LogP contribution in [-0.2, 0) is 6.54 Å². The van der Waals surface area contributed by atoms with Crippen molar-refractivity contribution in [1.29, 1.82) is 0 Å². The van der Waals surface area contributed by atoms with Gasteiger partial charge in [0, 0.05) is 10.0 Å². The normalized spacial score (nSPS) is 10.5. The fourth-order valence-electron chi connectivity index (χ4n) is 1.20. The zero-order valence-corrected chi connectivity index (χ0v) is 9.77. The molecule has 0 bridgehead atoms. The minimum Gasteiger partial charge on any atom is -0.238 e. The molecule has 0 atom stereocenters. The third-order valence-electron chi connectivity index (χ3n) is 1.79. The van der Waals surface area contributed by atoms with Gasteiger partial charge in [0.25, 0.3) is 0 Å². The molecule has 78 valence electrons. The first-order valence-electron chi connectivity index (χ1n) is 4.08. The Morgan fingerprint density at radius 2 is 1.93 bits per heavy atom. The monoisotopic (exact) mass is 260 g/mol. The molecule has 0 aliphatic carbocycles. The molecule has 0 amide bonds. The largest absolute Gasteiger partial charge is 0.238 e. The Morgan fingerprint density at radius 3 is 2.47 bits per heavy atom. The van der Waals surface area contributed by atoms with Crippen molar-refractivity contribution in [2.24, 2.45) is 0 Å². The number of nitrogens with zero attached hydrogens (tertiary/aromatic N) is 3. The number of rotatable bonds is 2. The van der Waals surface area contributed by atoms with E-state index in [-0.39, 0.29) is 0 Å². The fourth-order valence-corrected chi connectivity index (χ4v) is 1.92. The van der Waals surface area contributed by atoms with Crippen molar-refractivity contribution in [1.82, 2.24) is 20.2 Å². The predicted octanol–water partition coefficient (Wildman–Crippen LogP) is 2.69. The minimum absolute atomic E-state index is 0.395. The lowest BCUT2D eigenvalue weighted by Crippen LogP contribution is -2.02. The molecule has 1 aromatic heterocycles. The fraction of sp³-hybridized carbons (Fsp3) is 0.125. The van der Waals surface area contributed by atoms with Gasteiger partial charge < -0.3 is 0 Å². The highest BCUT2D eigenvalue weighted by molar-refractivity contribution is 7.71. The number of nitrogens with one attached hydrogen (secondary N) is 1. The van der Waals surface area contributed by atoms with E-state index in [1.807, 2.05) is 12.1 Å². The van der Waals surface area contributed by atoms with E-state index in [0.717, 1.165) is 5.56 Å². The quantitative estimate of drug-likeness (QED) is 0.845. The lowest BCUT2D eigenvalue weighted by molar-refractivity contribution is 0.642. The van der Waals surface area contributed by atoms with E-state index in [0.29, 0.717) is 21.4 Å². The molecule has 7 heteroatoms. The second-order valence-corrected chi connectivity index (χ2v) is 4.18. The highest BCUT2D eigenvalue weighted by Crippen LogP contribution is 2.19. The van der Waals surface area contributed by atoms with Gasteiger partial charge in [0.15, 0.2) is 0 Å². The number of aromatic amines is 1. The topological polar surface area (TPSA) is 46.5 Å². The van der Waals surface area contributed by atoms with Gasteiger partial charge >= 0.3 is 0 Å². The van der Waals surface area contributed by atoms with Crippen molar-refractivity contribution in [2.75, 3.05) is 0 Å². The summed E-state index contributed by atoms with van der Waals surface area (Å²) in [6.07, 6.45) is 0. The number of aromatic nitrogens is 4. The van der Waals surface area contributed by atoms with Crippen LogP contribution in [0.15, 0.2) is 18.2 Å². The first-order chi connectivity index (χ1) is 7.15. The standard InChI is InChI=1S/C8H6Cl2N4S/c9-6-1-5(2-7(10)3-6)4-14-8(15)11-12-13-14/h1-3H,4H2,(H,11,13,15). The van der Waals surface area contributed by atoms with Gasteiger partial charge in [-0.15, -0.1) is 0 Å². The molecule has 15 heavy (non-hydrogen) atoms. The molecule has 4 nitrogen and oxygen atoms in total. The third kappa shape index (κ3) is 2.56. The van der Waals surface area contributed by atoms with E-state index in [2.05, 4.69) is 15.5 Å². The SMILES string of the molecule is S=c1nn[nH]n1Cc1cc(Cl)cc(Cl)c1. The zero-order chi connectivity index (χ0) is 10.8. The maximum atomic E-state index is 5.87. The first kappa shape index (κ1) is 10.6. The van der Waals surface area contributed by atoms with Crippen LogP contribution in [0.5, 0.6) is 0 Å². The molecule has 2 rings (SSSR count). The Hall–Kier alpha value is -0.910. The van der Waals surface area contributed by atoms with Crippen LogP contribution in [0.25, 0.3) is 0 Å². The van der Waals surface area contributed by atoms with Gasteiger partial charge in [-0.1, -0.05) is 33.5 Å². The molecule has 0 aliphatic rings. The van der Waals surface area contributed by atoms with Gasteiger partial charge in [-0.2, -0.15) is 5.21 Å². The van der Waals surface area contributed by atoms with E-state index in [4.69, 9.17) is 35.4 Å². The number of hydrogen-bond acceptors (Lipinski definition) is 3. The highest BCUT2D eigenvalue weighted by Gasteiger charge is 2.01. The maximum absolute atomic E-state index is 5.87. The van der Waals surface area contributed by atoms with Crippen molar-refractivity contribution in [3.63, 3.8) is 0 Å². The van der Waals surface area contributed by atoms with E-state index in [1.54, 1.807) is 10.7 Å². The van der Waals surface area contributed by atoms with Gasteiger partial charge in [0.2, 0.25) is 4.77 Å². The molecular formula is C8H6Cl2N4S. The van der Waals surface area contributed by atoms with E-state index >= 15 is 0 Å². The van der Waals surface area contributed by atoms with Crippen molar-refractivity contribution in [2.45, 2.75) is 6.54 Å². The molecule has 0 unspecified atom stereocenters. The molecule has 1 heterocycles. The number of halogens is 2. The Labute approximate surface area is 101 Å². The molecular weight excluding hydrogens is 255 g/mol. The number of H-pyrrole nitrogens is 1. The van der Waals surface area contributed by atoms with Crippen LogP contribution in [0.4, 0.5) is 0 Å². The Morgan fingerprint density at radius 1 is 1.27 bits per heavy atom. The van der Waals surface area contributed by atoms with E-state index in [9.17, 15) is 0 Å². The third-order valence-corrected chi connectivity index (χ3v) is 2.53. The second kappa shape index (κ2) is 4.30. The lowest BCUT2D eigenvalue weighted by atomic mass is 10.2. The molecule has 1 N–H and O–H groups in total. The maximum Gasteiger partial charge on any atom is 0.238 e. The molecule has 1 aromatic carbocycles. The molecule has 0 saturated heterocycles. The van der Waals surface area contributed by atoms with Crippen LogP contribution in [0, 0.1) is 4.77 Å². The van der Waals surface area contributed by atoms with E-state index in [1.165, 1.54) is 0 Å². The zero-order valence-electron chi connectivity index (χ0n) is 7.44. The van der Waals surface area contributed by atoms with Crippen molar-refractivity contribution < 1.29 is 0 Å². The molecule has 0 radical (unpaired) electrons. The summed E-state index contributed by atoms with van der Waals surface area (Å²) >= 11 is 16.7. The predicted molar refractivity (Wildman–Crippen MR) is 60.8 cm³/mol. The van der Waals surface area contributed by atoms with E-state index < -0.39 is 0 Å². The first-order valence-corrected chi connectivity index (χ1v) is 5.24. The summed E-state index contributed by atoms with van der Waals surface area (Å²) < 4.78 is 2.02. The minimum atomic E-state index is 0.395.